The molecular formula is C46H72O18. The minimum absolute atomic E-state index is 0.139. The van der Waals surface area contributed by atoms with Gasteiger partial charge >= 0.3 is 5.97 Å². The Morgan fingerprint density at radius 3 is 2.23 bits per heavy atom. The minimum Gasteiger partial charge on any atom is -0.454 e. The summed E-state index contributed by atoms with van der Waals surface area (Å²) in [5.41, 5.74) is -0.186. The summed E-state index contributed by atoms with van der Waals surface area (Å²) in [5, 5.41) is 88.1. The van der Waals surface area contributed by atoms with Gasteiger partial charge in [-0.3, -0.25) is 4.79 Å². The Morgan fingerprint density at radius 1 is 0.797 bits per heavy atom. The maximum absolute atomic E-state index is 12.8. The maximum Gasteiger partial charge on any atom is 0.303 e. The van der Waals surface area contributed by atoms with Crippen molar-refractivity contribution < 1.29 is 88.3 Å². The van der Waals surface area contributed by atoms with Crippen LogP contribution in [0.1, 0.15) is 99.3 Å². The Morgan fingerprint density at radius 2 is 1.53 bits per heavy atom. The van der Waals surface area contributed by atoms with E-state index < -0.39 is 123 Å². The molecule has 25 atom stereocenters. The van der Waals surface area contributed by atoms with Gasteiger partial charge in [-0.25, -0.2) is 0 Å². The molecule has 25 unspecified atom stereocenters. The molecule has 0 amide bonds. The number of hydrogen-bond acceptors (Lipinski definition) is 18. The number of aliphatic hydroxyl groups is 8. The van der Waals surface area contributed by atoms with Crippen molar-refractivity contribution in [3.05, 3.63) is 11.6 Å². The molecule has 5 saturated heterocycles. The van der Waals surface area contributed by atoms with Crippen LogP contribution in [-0.2, 0) is 47.4 Å². The third kappa shape index (κ3) is 7.56. The van der Waals surface area contributed by atoms with Crippen LogP contribution in [0.2, 0.25) is 0 Å². The predicted molar refractivity (Wildman–Crippen MR) is 219 cm³/mol. The fraction of sp³-hybridized carbons (Fsp3) is 0.935. The Labute approximate surface area is 374 Å². The summed E-state index contributed by atoms with van der Waals surface area (Å²) < 4.78 is 55.8. The standard InChI is InChI=1S/C46H72O18/c1-20-9-14-45(57-18-20)22(3)46(55)31(64-45)16-28-26-8-7-24-15-25(10-12-43(24,5)27(26)11-13-44(28,46)6)60-42-39(63-41-38(59-23(4)48)35(53)32(50)21(2)58-41)37(34(52)30(17-47)61-42)62-40-36(54)33(51)29(49)19-56-40/h7,20-22,25-42,47,49-55H,8-19H2,1-6H3. The van der Waals surface area contributed by atoms with E-state index in [9.17, 15) is 45.6 Å². The van der Waals surface area contributed by atoms with Crippen molar-refractivity contribution in [1.29, 1.82) is 0 Å². The third-order valence-corrected chi connectivity index (χ3v) is 17.8. The molecule has 8 fully saturated rings. The number of esters is 1. The fourth-order valence-corrected chi connectivity index (χ4v) is 14.0. The van der Waals surface area contributed by atoms with Gasteiger partial charge in [0.1, 0.15) is 60.5 Å². The molecule has 0 radical (unpaired) electrons. The van der Waals surface area contributed by atoms with Gasteiger partial charge < -0.3 is 83.5 Å². The zero-order chi connectivity index (χ0) is 45.8. The van der Waals surface area contributed by atoms with Crippen molar-refractivity contribution in [2.24, 2.45) is 40.4 Å². The van der Waals surface area contributed by atoms with E-state index in [-0.39, 0.29) is 28.8 Å². The van der Waals surface area contributed by atoms with Gasteiger partial charge in [-0.1, -0.05) is 39.3 Å². The molecule has 5 aliphatic heterocycles. The lowest BCUT2D eigenvalue weighted by Crippen LogP contribution is -2.66. The van der Waals surface area contributed by atoms with Crippen molar-refractivity contribution in [3.63, 3.8) is 0 Å². The molecular weight excluding hydrogens is 840 g/mol. The third-order valence-electron chi connectivity index (χ3n) is 17.8. The van der Waals surface area contributed by atoms with E-state index in [4.69, 9.17) is 42.6 Å². The fourth-order valence-electron chi connectivity index (χ4n) is 14.0. The molecule has 0 aromatic carbocycles. The topological polar surface area (TPSA) is 262 Å². The number of hydrogen-bond donors (Lipinski definition) is 8. The molecule has 3 saturated carbocycles. The summed E-state index contributed by atoms with van der Waals surface area (Å²) in [6, 6.07) is 0. The van der Waals surface area contributed by atoms with E-state index in [1.807, 2.05) is 0 Å². The first kappa shape index (κ1) is 47.6. The Kier molecular flexibility index (Phi) is 13.0. The molecule has 0 aromatic heterocycles. The average molecular weight is 913 g/mol. The Balaban J connectivity index is 0.957. The quantitative estimate of drug-likeness (QED) is 0.122. The second-order valence-electron chi connectivity index (χ2n) is 21.3. The van der Waals surface area contributed by atoms with Crippen LogP contribution in [0.3, 0.4) is 0 Å². The Bertz CT molecular complexity index is 1730. The highest BCUT2D eigenvalue weighted by molar-refractivity contribution is 5.66. The average Bonchev–Trinajstić information content (AvgIpc) is 3.62. The number of rotatable bonds is 8. The van der Waals surface area contributed by atoms with E-state index in [1.54, 1.807) is 0 Å². The van der Waals surface area contributed by atoms with Crippen LogP contribution in [0.4, 0.5) is 0 Å². The van der Waals surface area contributed by atoms with Gasteiger partial charge in [-0.2, -0.15) is 0 Å². The number of allylic oxidation sites excluding steroid dienone is 1. The van der Waals surface area contributed by atoms with Crippen LogP contribution >= 0.6 is 0 Å². The van der Waals surface area contributed by atoms with Crippen molar-refractivity contribution in [2.75, 3.05) is 19.8 Å². The molecule has 364 valence electrons. The maximum atomic E-state index is 12.8. The zero-order valence-corrected chi connectivity index (χ0v) is 37.8. The van der Waals surface area contributed by atoms with Crippen molar-refractivity contribution in [2.45, 2.75) is 209 Å². The summed E-state index contributed by atoms with van der Waals surface area (Å²) in [4.78, 5) is 12.2. The highest BCUT2D eigenvalue weighted by atomic mass is 16.8. The summed E-state index contributed by atoms with van der Waals surface area (Å²) in [7, 11) is 0. The van der Waals surface area contributed by atoms with Crippen LogP contribution in [-0.4, -0.2) is 176 Å². The molecule has 9 aliphatic rings. The van der Waals surface area contributed by atoms with Crippen LogP contribution in [0.15, 0.2) is 11.6 Å². The number of aliphatic hydroxyl groups excluding tert-OH is 7. The smallest absolute Gasteiger partial charge is 0.303 e. The molecule has 64 heavy (non-hydrogen) atoms. The molecule has 0 aromatic rings. The summed E-state index contributed by atoms with van der Waals surface area (Å²) in [6.07, 6.45) is -12.0. The SMILES string of the molecule is CC(=O)OC1C(OC2C(OC3CCC4(C)C(=CCC5C4CCC4(C)C5CC5OC6(CCC(C)CO6)C(C)C54O)C3)OC(CO)C(O)C2OC2OCC(O)C(O)C2O)OC(C)C(O)C1O. The molecule has 5 heterocycles. The number of ether oxygens (including phenoxy) is 9. The molecule has 0 bridgehead atoms. The summed E-state index contributed by atoms with van der Waals surface area (Å²) in [6.45, 7) is 11.2. The van der Waals surface area contributed by atoms with Gasteiger partial charge in [0.05, 0.1) is 38.1 Å². The lowest BCUT2D eigenvalue weighted by molar-refractivity contribution is -0.390. The molecule has 18 nitrogen and oxygen atoms in total. The van der Waals surface area contributed by atoms with E-state index in [0.717, 1.165) is 51.9 Å². The monoisotopic (exact) mass is 912 g/mol. The first-order valence-electron chi connectivity index (χ1n) is 23.7. The van der Waals surface area contributed by atoms with Gasteiger partial charge in [0.25, 0.3) is 0 Å². The lowest BCUT2D eigenvalue weighted by atomic mass is 9.46. The molecule has 1 spiro atoms. The minimum atomic E-state index is -1.76. The largest absolute Gasteiger partial charge is 0.454 e. The second-order valence-corrected chi connectivity index (χ2v) is 21.3. The number of fused-ring (bicyclic) bond motifs is 7. The first-order chi connectivity index (χ1) is 30.3. The van der Waals surface area contributed by atoms with Crippen molar-refractivity contribution in [3.8, 4) is 0 Å². The molecule has 8 N–H and O–H groups in total. The number of carbonyl (C=O) groups is 1. The normalized spacial score (nSPS) is 56.1. The number of carbonyl (C=O) groups excluding carboxylic acids is 1. The highest BCUT2D eigenvalue weighted by Crippen LogP contribution is 2.72. The summed E-state index contributed by atoms with van der Waals surface area (Å²) in [5.74, 6) is -0.201. The zero-order valence-electron chi connectivity index (χ0n) is 37.8. The van der Waals surface area contributed by atoms with E-state index in [0.29, 0.717) is 37.2 Å². The Hall–Kier alpha value is -1.43. The van der Waals surface area contributed by atoms with E-state index in [1.165, 1.54) is 12.5 Å². The van der Waals surface area contributed by atoms with Crippen LogP contribution < -0.4 is 0 Å². The van der Waals surface area contributed by atoms with Crippen molar-refractivity contribution >= 4 is 5.97 Å². The van der Waals surface area contributed by atoms with E-state index in [2.05, 4.69) is 33.8 Å². The van der Waals surface area contributed by atoms with Crippen molar-refractivity contribution in [1.82, 2.24) is 0 Å². The molecule has 18 heteroatoms. The summed E-state index contributed by atoms with van der Waals surface area (Å²) >= 11 is 0. The van der Waals surface area contributed by atoms with Gasteiger partial charge in [-0.15, -0.1) is 0 Å². The van der Waals surface area contributed by atoms with E-state index >= 15 is 0 Å². The second kappa shape index (κ2) is 17.5. The van der Waals surface area contributed by atoms with Gasteiger partial charge in [-0.05, 0) is 87.4 Å². The predicted octanol–water partition coefficient (Wildman–Crippen LogP) is 0.539. The first-order valence-corrected chi connectivity index (χ1v) is 23.7. The van der Waals surface area contributed by atoms with Crippen LogP contribution in [0.5, 0.6) is 0 Å². The molecule has 4 aliphatic carbocycles. The van der Waals surface area contributed by atoms with Gasteiger partial charge in [0, 0.05) is 24.7 Å². The van der Waals surface area contributed by atoms with Gasteiger partial charge in [0.2, 0.25) is 0 Å². The molecule has 9 rings (SSSR count). The lowest BCUT2D eigenvalue weighted by Gasteiger charge is -2.60. The van der Waals surface area contributed by atoms with Crippen LogP contribution in [0, 0.1) is 40.4 Å². The van der Waals surface area contributed by atoms with Gasteiger partial charge in [0.15, 0.2) is 30.8 Å². The van der Waals surface area contributed by atoms with Crippen LogP contribution in [0.25, 0.3) is 0 Å². The highest BCUT2D eigenvalue weighted by Gasteiger charge is 2.76.